The summed E-state index contributed by atoms with van der Waals surface area (Å²) in [6, 6.07) is 12.6. The summed E-state index contributed by atoms with van der Waals surface area (Å²) < 4.78 is 22.7. The number of fused-ring (bicyclic) bond motifs is 1. The van der Waals surface area contributed by atoms with Crippen molar-refractivity contribution in [3.63, 3.8) is 0 Å². The normalized spacial score (nSPS) is 13.4. The highest BCUT2D eigenvalue weighted by Gasteiger charge is 2.27. The van der Waals surface area contributed by atoms with E-state index in [2.05, 4.69) is 16.8 Å². The Bertz CT molecular complexity index is 1510. The molecule has 0 aliphatic carbocycles. The highest BCUT2D eigenvalue weighted by Crippen LogP contribution is 2.25. The van der Waals surface area contributed by atoms with Gasteiger partial charge < -0.3 is 4.74 Å². The number of hydrogen-bond acceptors (Lipinski definition) is 4. The minimum Gasteiger partial charge on any atom is -0.377 e. The molecule has 0 unspecified atom stereocenters. The summed E-state index contributed by atoms with van der Waals surface area (Å²) >= 11 is 6.37. The standard InChI is InChI=1S/C24H15ClFN3O3/c25-19-10-16(8-7-15-4-3-9-27-12-15)11-20(26)22(19)29-23(30)18-5-1-2-6-21(18)28(24(29)31)17-13-32-14-17/h1-6,9-12,17H,13-14H2. The average Bonchev–Trinajstić information content (AvgIpc) is 2.76. The fourth-order valence-electron chi connectivity index (χ4n) is 3.64. The van der Waals surface area contributed by atoms with Gasteiger partial charge in [-0.25, -0.2) is 13.8 Å². The van der Waals surface area contributed by atoms with E-state index >= 15 is 4.39 Å². The zero-order chi connectivity index (χ0) is 22.2. The van der Waals surface area contributed by atoms with Gasteiger partial charge in [-0.2, -0.15) is 0 Å². The second-order valence-electron chi connectivity index (χ2n) is 7.28. The second-order valence-corrected chi connectivity index (χ2v) is 7.69. The quantitative estimate of drug-likeness (QED) is 0.442. The van der Waals surface area contributed by atoms with E-state index in [-0.39, 0.29) is 22.1 Å². The number of aromatic nitrogens is 3. The predicted octanol–water partition coefficient (Wildman–Crippen LogP) is 3.31. The molecule has 6 nitrogen and oxygen atoms in total. The van der Waals surface area contributed by atoms with E-state index in [0.717, 1.165) is 10.6 Å². The van der Waals surface area contributed by atoms with Crippen LogP contribution >= 0.6 is 11.6 Å². The molecule has 0 saturated carbocycles. The Hall–Kier alpha value is -3.73. The van der Waals surface area contributed by atoms with Gasteiger partial charge in [0.25, 0.3) is 5.56 Å². The smallest absolute Gasteiger partial charge is 0.336 e. The summed E-state index contributed by atoms with van der Waals surface area (Å²) in [5, 5.41) is 0.196. The molecule has 0 amide bonds. The Kier molecular flexibility index (Phi) is 5.10. The molecule has 0 bridgehead atoms. The number of nitrogens with zero attached hydrogens (tertiary/aromatic N) is 3. The van der Waals surface area contributed by atoms with Crippen molar-refractivity contribution in [2.75, 3.05) is 13.2 Å². The molecular formula is C24H15ClFN3O3. The van der Waals surface area contributed by atoms with Crippen molar-refractivity contribution in [3.05, 3.63) is 104 Å². The molecule has 32 heavy (non-hydrogen) atoms. The molecule has 0 radical (unpaired) electrons. The molecular weight excluding hydrogens is 433 g/mol. The zero-order valence-corrected chi connectivity index (χ0v) is 17.3. The largest absolute Gasteiger partial charge is 0.377 e. The molecule has 1 aliphatic rings. The molecule has 1 aliphatic heterocycles. The highest BCUT2D eigenvalue weighted by atomic mass is 35.5. The summed E-state index contributed by atoms with van der Waals surface area (Å²) in [5.41, 5.74) is -0.170. The first-order valence-electron chi connectivity index (χ1n) is 9.80. The maximum absolute atomic E-state index is 15.2. The third kappa shape index (κ3) is 3.40. The van der Waals surface area contributed by atoms with E-state index in [1.165, 1.54) is 10.6 Å². The fourth-order valence-corrected chi connectivity index (χ4v) is 3.93. The first-order valence-corrected chi connectivity index (χ1v) is 10.2. The summed E-state index contributed by atoms with van der Waals surface area (Å²) in [6.45, 7) is 0.669. The lowest BCUT2D eigenvalue weighted by molar-refractivity contribution is -0.0236. The summed E-state index contributed by atoms with van der Waals surface area (Å²) in [4.78, 5) is 30.5. The molecule has 1 fully saturated rings. The predicted molar refractivity (Wildman–Crippen MR) is 119 cm³/mol. The zero-order valence-electron chi connectivity index (χ0n) is 16.6. The molecule has 8 heteroatoms. The maximum Gasteiger partial charge on any atom is 0.336 e. The summed E-state index contributed by atoms with van der Waals surface area (Å²) in [7, 11) is 0. The van der Waals surface area contributed by atoms with Crippen LogP contribution in [0.4, 0.5) is 4.39 Å². The lowest BCUT2D eigenvalue weighted by Crippen LogP contribution is -2.45. The summed E-state index contributed by atoms with van der Waals surface area (Å²) in [5.74, 6) is 4.88. The number of halogens is 2. The average molecular weight is 448 g/mol. The molecule has 0 spiro atoms. The van der Waals surface area contributed by atoms with Crippen molar-refractivity contribution >= 4 is 22.5 Å². The topological polar surface area (TPSA) is 66.1 Å². The van der Waals surface area contributed by atoms with E-state index < -0.39 is 17.1 Å². The Balaban J connectivity index is 1.70. The van der Waals surface area contributed by atoms with E-state index in [9.17, 15) is 9.59 Å². The molecule has 158 valence electrons. The third-order valence-corrected chi connectivity index (χ3v) is 5.52. The molecule has 2 aromatic heterocycles. The van der Waals surface area contributed by atoms with Crippen LogP contribution in [0, 0.1) is 17.7 Å². The van der Waals surface area contributed by atoms with Gasteiger partial charge in [0.2, 0.25) is 0 Å². The van der Waals surface area contributed by atoms with Gasteiger partial charge in [-0.3, -0.25) is 14.3 Å². The van der Waals surface area contributed by atoms with Crippen molar-refractivity contribution in [3.8, 4) is 17.5 Å². The molecule has 3 heterocycles. The Labute approximate surface area is 186 Å². The van der Waals surface area contributed by atoms with Gasteiger partial charge in [-0.1, -0.05) is 35.6 Å². The van der Waals surface area contributed by atoms with Gasteiger partial charge in [0, 0.05) is 23.5 Å². The first-order chi connectivity index (χ1) is 15.5. The van der Waals surface area contributed by atoms with E-state index in [0.29, 0.717) is 29.9 Å². The maximum atomic E-state index is 15.2. The molecule has 0 atom stereocenters. The molecule has 0 N–H and O–H groups in total. The van der Waals surface area contributed by atoms with Crippen molar-refractivity contribution in [2.45, 2.75) is 6.04 Å². The van der Waals surface area contributed by atoms with Crippen molar-refractivity contribution in [1.29, 1.82) is 0 Å². The van der Waals surface area contributed by atoms with Gasteiger partial charge in [0.05, 0.1) is 35.2 Å². The van der Waals surface area contributed by atoms with Crippen LogP contribution in [0.25, 0.3) is 16.6 Å². The van der Waals surface area contributed by atoms with Gasteiger partial charge in [-0.15, -0.1) is 0 Å². The highest BCUT2D eigenvalue weighted by molar-refractivity contribution is 6.32. The van der Waals surface area contributed by atoms with Gasteiger partial charge in [0.15, 0.2) is 0 Å². The first kappa shape index (κ1) is 20.2. The Morgan fingerprint density at radius 1 is 1.06 bits per heavy atom. The van der Waals surface area contributed by atoms with Gasteiger partial charge in [0.1, 0.15) is 11.5 Å². The number of ether oxygens (including phenoxy) is 1. The molecule has 5 rings (SSSR count). The van der Waals surface area contributed by atoms with Crippen LogP contribution in [0.15, 0.2) is 70.5 Å². The van der Waals surface area contributed by atoms with Crippen molar-refractivity contribution in [2.24, 2.45) is 0 Å². The van der Waals surface area contributed by atoms with E-state index in [4.69, 9.17) is 16.3 Å². The second kappa shape index (κ2) is 8.08. The van der Waals surface area contributed by atoms with Gasteiger partial charge >= 0.3 is 5.69 Å². The van der Waals surface area contributed by atoms with Gasteiger partial charge in [-0.05, 0) is 36.4 Å². The summed E-state index contributed by atoms with van der Waals surface area (Å²) in [6.07, 6.45) is 3.21. The molecule has 4 aromatic rings. The number of para-hydroxylation sites is 1. The molecule has 1 saturated heterocycles. The van der Waals surface area contributed by atoms with Crippen LogP contribution in [0.5, 0.6) is 0 Å². The Morgan fingerprint density at radius 3 is 2.53 bits per heavy atom. The van der Waals surface area contributed by atoms with Crippen LogP contribution in [0.1, 0.15) is 17.2 Å². The van der Waals surface area contributed by atoms with Crippen LogP contribution in [-0.4, -0.2) is 27.3 Å². The number of pyridine rings is 1. The lowest BCUT2D eigenvalue weighted by atomic mass is 10.1. The monoisotopic (exact) mass is 447 g/mol. The van der Waals surface area contributed by atoms with E-state index in [1.54, 1.807) is 48.8 Å². The lowest BCUT2D eigenvalue weighted by Gasteiger charge is -2.29. The number of hydrogen-bond donors (Lipinski definition) is 0. The SMILES string of the molecule is O=c1c2ccccc2n(C2COC2)c(=O)n1-c1c(F)cc(C#Cc2cccnc2)cc1Cl. The fraction of sp³-hybridized carbons (Fsp3) is 0.125. The van der Waals surface area contributed by atoms with Crippen LogP contribution < -0.4 is 11.2 Å². The third-order valence-electron chi connectivity index (χ3n) is 5.23. The van der Waals surface area contributed by atoms with Crippen molar-refractivity contribution < 1.29 is 9.13 Å². The van der Waals surface area contributed by atoms with Crippen LogP contribution in [0.3, 0.4) is 0 Å². The minimum atomic E-state index is -0.820. The molecule has 2 aromatic carbocycles. The number of rotatable bonds is 2. The van der Waals surface area contributed by atoms with Crippen LogP contribution in [-0.2, 0) is 4.74 Å². The van der Waals surface area contributed by atoms with E-state index in [1.807, 2.05) is 0 Å². The Morgan fingerprint density at radius 2 is 1.84 bits per heavy atom. The van der Waals surface area contributed by atoms with Crippen molar-refractivity contribution in [1.82, 2.24) is 14.1 Å². The van der Waals surface area contributed by atoms with Crippen LogP contribution in [0.2, 0.25) is 5.02 Å². The number of benzene rings is 2. The minimum absolute atomic E-state index is 0.0913.